The molecule has 8 nitrogen and oxygen atoms in total. The second kappa shape index (κ2) is 8.95. The number of para-hydroxylation sites is 2. The van der Waals surface area contributed by atoms with Crippen LogP contribution < -0.4 is 11.0 Å². The molecule has 0 spiro atoms. The van der Waals surface area contributed by atoms with Gasteiger partial charge in [0.2, 0.25) is 5.91 Å². The number of nitrogens with one attached hydrogen (secondary N) is 1. The predicted molar refractivity (Wildman–Crippen MR) is 130 cm³/mol. The molecule has 0 unspecified atom stereocenters. The van der Waals surface area contributed by atoms with E-state index < -0.39 is 11.6 Å². The lowest BCUT2D eigenvalue weighted by molar-refractivity contribution is -0.117. The van der Waals surface area contributed by atoms with Crippen molar-refractivity contribution in [2.45, 2.75) is 23.4 Å². The van der Waals surface area contributed by atoms with Gasteiger partial charge in [-0.15, -0.1) is 5.10 Å². The molecule has 9 heteroatoms. The zero-order valence-corrected chi connectivity index (χ0v) is 19.0. The monoisotopic (exact) mass is 469 g/mol. The first kappa shape index (κ1) is 21.6. The molecule has 168 valence electrons. The molecular weight excluding hydrogens is 450 g/mol. The van der Waals surface area contributed by atoms with Crippen LogP contribution in [0.5, 0.6) is 0 Å². The molecule has 0 saturated heterocycles. The first-order chi connectivity index (χ1) is 16.5. The fraction of sp³-hybridized carbons (Fsp3) is 0.0800. The van der Waals surface area contributed by atoms with Gasteiger partial charge in [-0.05, 0) is 43.3 Å². The van der Waals surface area contributed by atoms with Gasteiger partial charge in [-0.25, -0.2) is 18.9 Å². The largest absolute Gasteiger partial charge is 0.351 e. The highest BCUT2D eigenvalue weighted by Crippen LogP contribution is 2.30. The van der Waals surface area contributed by atoms with Crippen LogP contribution >= 0.6 is 11.8 Å². The summed E-state index contributed by atoms with van der Waals surface area (Å²) in [6, 6.07) is 23.7. The lowest BCUT2D eigenvalue weighted by Gasteiger charge is -2.05. The van der Waals surface area contributed by atoms with Crippen LogP contribution in [0, 0.1) is 0 Å². The zero-order valence-electron chi connectivity index (χ0n) is 18.1. The Morgan fingerprint density at radius 1 is 0.971 bits per heavy atom. The van der Waals surface area contributed by atoms with Gasteiger partial charge in [0.1, 0.15) is 11.6 Å². The van der Waals surface area contributed by atoms with Crippen molar-refractivity contribution in [3.63, 3.8) is 0 Å². The van der Waals surface area contributed by atoms with E-state index in [1.165, 1.54) is 23.1 Å². The van der Waals surface area contributed by atoms with E-state index >= 15 is 0 Å². The molecule has 0 atom stereocenters. The third-order valence-corrected chi connectivity index (χ3v) is 6.15. The summed E-state index contributed by atoms with van der Waals surface area (Å²) in [5.41, 5.74) is 2.17. The van der Waals surface area contributed by atoms with Crippen molar-refractivity contribution in [3.05, 3.63) is 94.9 Å². The number of hydrogen-bond acceptors (Lipinski definition) is 6. The van der Waals surface area contributed by atoms with Crippen molar-refractivity contribution in [3.8, 4) is 0 Å². The molecule has 2 heterocycles. The minimum Gasteiger partial charge on any atom is -0.324 e. The molecule has 3 aromatic carbocycles. The summed E-state index contributed by atoms with van der Waals surface area (Å²) in [5.74, 6) is -0.531. The molecule has 0 aliphatic rings. The standard InChI is InChI=1S/C25H19N5O3S/c1-16(31)17-8-7-9-18(14-17)26-22(32)15-29-25(33)30-21-13-6-5-12-20(21)27-24(23(30)28-29)34-19-10-3-2-4-11-19/h2-14H,15H2,1H3,(H,26,32). The van der Waals surface area contributed by atoms with Crippen molar-refractivity contribution in [1.82, 2.24) is 19.2 Å². The number of anilines is 1. The van der Waals surface area contributed by atoms with E-state index in [1.54, 1.807) is 30.3 Å². The first-order valence-electron chi connectivity index (χ1n) is 10.5. The van der Waals surface area contributed by atoms with Crippen LogP contribution in [-0.2, 0) is 11.3 Å². The molecule has 0 aliphatic heterocycles. The normalized spacial score (nSPS) is 11.1. The van der Waals surface area contributed by atoms with Crippen molar-refractivity contribution >= 4 is 45.8 Å². The van der Waals surface area contributed by atoms with E-state index in [1.807, 2.05) is 48.5 Å². The summed E-state index contributed by atoms with van der Waals surface area (Å²) in [6.45, 7) is 1.18. The van der Waals surface area contributed by atoms with Crippen molar-refractivity contribution in [1.29, 1.82) is 0 Å². The van der Waals surface area contributed by atoms with Crippen LogP contribution in [0.2, 0.25) is 0 Å². The Balaban J connectivity index is 1.53. The number of carbonyl (C=O) groups excluding carboxylic acids is 2. The van der Waals surface area contributed by atoms with Gasteiger partial charge in [0.15, 0.2) is 11.4 Å². The van der Waals surface area contributed by atoms with Gasteiger partial charge in [0.25, 0.3) is 0 Å². The number of aromatic nitrogens is 4. The average molecular weight is 470 g/mol. The smallest absolute Gasteiger partial charge is 0.324 e. The molecule has 1 N–H and O–H groups in total. The highest BCUT2D eigenvalue weighted by Gasteiger charge is 2.18. The molecule has 0 saturated carbocycles. The minimum absolute atomic E-state index is 0.101. The third kappa shape index (κ3) is 4.20. The Bertz CT molecular complexity index is 1610. The maximum Gasteiger partial charge on any atom is 0.351 e. The molecule has 2 aromatic heterocycles. The molecule has 0 aliphatic carbocycles. The number of ketones is 1. The van der Waals surface area contributed by atoms with E-state index in [2.05, 4.69) is 10.4 Å². The summed E-state index contributed by atoms with van der Waals surface area (Å²) in [6.07, 6.45) is 0. The van der Waals surface area contributed by atoms with Gasteiger partial charge in [-0.1, -0.05) is 54.2 Å². The molecule has 34 heavy (non-hydrogen) atoms. The van der Waals surface area contributed by atoms with Crippen molar-refractivity contribution in [2.75, 3.05) is 5.32 Å². The van der Waals surface area contributed by atoms with E-state index in [9.17, 15) is 14.4 Å². The number of rotatable bonds is 6. The SMILES string of the molecule is CC(=O)c1cccc(NC(=O)Cn2nc3c(Sc4ccccc4)nc4ccccc4n3c2=O)c1. The van der Waals surface area contributed by atoms with Crippen LogP contribution in [0.3, 0.4) is 0 Å². The van der Waals surface area contributed by atoms with E-state index in [0.29, 0.717) is 33.0 Å². The number of Topliss-reactive ketones (excluding diaryl/α,β-unsaturated/α-hetero) is 1. The molecular formula is C25H19N5O3S. The average Bonchev–Trinajstić information content (AvgIpc) is 3.16. The summed E-state index contributed by atoms with van der Waals surface area (Å²) in [4.78, 5) is 43.3. The summed E-state index contributed by atoms with van der Waals surface area (Å²) in [5, 5.41) is 7.75. The topological polar surface area (TPSA) is 98.4 Å². The van der Waals surface area contributed by atoms with E-state index in [-0.39, 0.29) is 12.3 Å². The molecule has 5 rings (SSSR count). The second-order valence-corrected chi connectivity index (χ2v) is 8.67. The quantitative estimate of drug-likeness (QED) is 0.377. The Hall–Kier alpha value is -4.24. The summed E-state index contributed by atoms with van der Waals surface area (Å²) in [7, 11) is 0. The van der Waals surface area contributed by atoms with Crippen molar-refractivity contribution < 1.29 is 9.59 Å². The summed E-state index contributed by atoms with van der Waals surface area (Å²) >= 11 is 1.40. The number of benzene rings is 3. The molecule has 0 bridgehead atoms. The van der Waals surface area contributed by atoms with Gasteiger partial charge >= 0.3 is 5.69 Å². The fourth-order valence-corrected chi connectivity index (χ4v) is 4.48. The molecule has 1 amide bonds. The summed E-state index contributed by atoms with van der Waals surface area (Å²) < 4.78 is 2.61. The highest BCUT2D eigenvalue weighted by molar-refractivity contribution is 7.99. The zero-order chi connectivity index (χ0) is 23.7. The number of nitrogens with zero attached hydrogens (tertiary/aromatic N) is 4. The van der Waals surface area contributed by atoms with E-state index in [4.69, 9.17) is 4.98 Å². The maximum absolute atomic E-state index is 13.3. The van der Waals surface area contributed by atoms with E-state index in [0.717, 1.165) is 9.58 Å². The first-order valence-corrected chi connectivity index (χ1v) is 11.3. The lowest BCUT2D eigenvalue weighted by Crippen LogP contribution is -2.28. The number of fused-ring (bicyclic) bond motifs is 3. The van der Waals surface area contributed by atoms with Crippen LogP contribution in [-0.4, -0.2) is 30.9 Å². The third-order valence-electron chi connectivity index (χ3n) is 5.18. The molecule has 0 radical (unpaired) electrons. The van der Waals surface area contributed by atoms with Gasteiger partial charge in [0.05, 0.1) is 11.0 Å². The fourth-order valence-electron chi connectivity index (χ4n) is 3.59. The molecule has 5 aromatic rings. The minimum atomic E-state index is -0.434. The van der Waals surface area contributed by atoms with Gasteiger partial charge in [0, 0.05) is 16.1 Å². The Labute approximate surface area is 198 Å². The lowest BCUT2D eigenvalue weighted by atomic mass is 10.1. The number of hydrogen-bond donors (Lipinski definition) is 1. The number of amides is 1. The second-order valence-electron chi connectivity index (χ2n) is 7.61. The van der Waals surface area contributed by atoms with Gasteiger partial charge in [-0.3, -0.25) is 9.59 Å². The predicted octanol–water partition coefficient (Wildman–Crippen LogP) is 4.04. The van der Waals surface area contributed by atoms with Crippen LogP contribution in [0.1, 0.15) is 17.3 Å². The Morgan fingerprint density at radius 2 is 1.74 bits per heavy atom. The maximum atomic E-state index is 13.3. The van der Waals surface area contributed by atoms with Crippen LogP contribution in [0.15, 0.2) is 93.6 Å². The molecule has 0 fully saturated rings. The van der Waals surface area contributed by atoms with Crippen molar-refractivity contribution in [2.24, 2.45) is 0 Å². The number of carbonyl (C=O) groups is 2. The van der Waals surface area contributed by atoms with Crippen LogP contribution in [0.4, 0.5) is 5.69 Å². The van der Waals surface area contributed by atoms with Crippen LogP contribution in [0.25, 0.3) is 16.7 Å². The van der Waals surface area contributed by atoms with Gasteiger partial charge < -0.3 is 5.32 Å². The van der Waals surface area contributed by atoms with Gasteiger partial charge in [-0.2, -0.15) is 0 Å². The Morgan fingerprint density at radius 3 is 2.53 bits per heavy atom. The Kier molecular flexibility index (Phi) is 5.69. The highest BCUT2D eigenvalue weighted by atomic mass is 32.2.